The number of halogens is 1. The highest BCUT2D eigenvalue weighted by Crippen LogP contribution is 2.38. The van der Waals surface area contributed by atoms with Crippen molar-refractivity contribution in [2.24, 2.45) is 7.05 Å². The van der Waals surface area contributed by atoms with Crippen LogP contribution in [-0.2, 0) is 20.0 Å². The maximum absolute atomic E-state index is 12.8. The molecule has 0 bridgehead atoms. The van der Waals surface area contributed by atoms with Crippen LogP contribution in [0.2, 0.25) is 0 Å². The van der Waals surface area contributed by atoms with E-state index in [0.29, 0.717) is 31.7 Å². The first-order valence-electron chi connectivity index (χ1n) is 13.5. The zero-order valence-electron chi connectivity index (χ0n) is 23.7. The molecule has 8 heteroatoms. The summed E-state index contributed by atoms with van der Waals surface area (Å²) in [5.41, 5.74) is 6.26. The Morgan fingerprint density at radius 2 is 1.80 bits per heavy atom. The van der Waals surface area contributed by atoms with E-state index in [4.69, 9.17) is 4.74 Å². The lowest BCUT2D eigenvalue weighted by molar-refractivity contribution is 0.0683. The monoisotopic (exact) mass is 650 g/mol. The molecule has 2 heterocycles. The third-order valence-corrected chi connectivity index (χ3v) is 8.44. The van der Waals surface area contributed by atoms with Gasteiger partial charge < -0.3 is 19.3 Å². The quantitative estimate of drug-likeness (QED) is 0.135. The number of carboxylic acids is 1. The van der Waals surface area contributed by atoms with E-state index < -0.39 is 5.97 Å². The average Bonchev–Trinajstić information content (AvgIpc) is 3.38. The molecule has 0 saturated carbocycles. The molecular formula is C32H35IN4O3. The molecule has 0 atom stereocenters. The average molecular weight is 651 g/mol. The molecule has 3 aromatic carbocycles. The fourth-order valence-corrected chi connectivity index (χ4v) is 6.28. The third-order valence-electron chi connectivity index (χ3n) is 7.59. The molecule has 0 saturated heterocycles. The minimum Gasteiger partial charge on any atom is -0.492 e. The first-order valence-corrected chi connectivity index (χ1v) is 14.6. The van der Waals surface area contributed by atoms with Crippen LogP contribution >= 0.6 is 22.6 Å². The van der Waals surface area contributed by atoms with E-state index in [1.165, 1.54) is 0 Å². The predicted octanol–water partition coefficient (Wildman–Crippen LogP) is 6.69. The summed E-state index contributed by atoms with van der Waals surface area (Å²) in [5.74, 6) is -0.0181. The summed E-state index contributed by atoms with van der Waals surface area (Å²) in [6, 6.07) is 18.6. The molecule has 208 valence electrons. The van der Waals surface area contributed by atoms with Crippen molar-refractivity contribution in [3.63, 3.8) is 0 Å². The lowest BCUT2D eigenvalue weighted by Crippen LogP contribution is -2.21. The zero-order chi connectivity index (χ0) is 28.6. The fourth-order valence-electron chi connectivity index (χ4n) is 5.65. The van der Waals surface area contributed by atoms with Gasteiger partial charge in [0.25, 0.3) is 0 Å². The van der Waals surface area contributed by atoms with Crippen LogP contribution in [0.4, 0.5) is 0 Å². The van der Waals surface area contributed by atoms with E-state index in [1.54, 1.807) is 0 Å². The van der Waals surface area contributed by atoms with Crippen molar-refractivity contribution in [2.75, 3.05) is 27.2 Å². The van der Waals surface area contributed by atoms with E-state index in [-0.39, 0.29) is 0 Å². The summed E-state index contributed by atoms with van der Waals surface area (Å²) < 4.78 is 11.3. The van der Waals surface area contributed by atoms with Crippen LogP contribution in [-0.4, -0.2) is 57.6 Å². The van der Waals surface area contributed by atoms with Gasteiger partial charge in [0.05, 0.1) is 21.4 Å². The minimum absolute atomic E-state index is 0.364. The molecule has 0 aliphatic heterocycles. The highest BCUT2D eigenvalue weighted by atomic mass is 127. The second kappa shape index (κ2) is 11.6. The Morgan fingerprint density at radius 1 is 1.05 bits per heavy atom. The number of likely N-dealkylation sites (N-methyl/N-ethyl adjacent to an activating group) is 1. The number of carbonyl (C=O) groups is 1. The van der Waals surface area contributed by atoms with Gasteiger partial charge in [-0.15, -0.1) is 0 Å². The highest BCUT2D eigenvalue weighted by Gasteiger charge is 2.26. The summed E-state index contributed by atoms with van der Waals surface area (Å²) in [7, 11) is 5.97. The lowest BCUT2D eigenvalue weighted by atomic mass is 9.98. The molecule has 5 aromatic rings. The largest absolute Gasteiger partial charge is 0.492 e. The van der Waals surface area contributed by atoms with Gasteiger partial charge in [0.2, 0.25) is 0 Å². The number of rotatable bonds is 10. The second-order valence-corrected chi connectivity index (χ2v) is 11.7. The Balaban J connectivity index is 1.55. The van der Waals surface area contributed by atoms with Crippen molar-refractivity contribution < 1.29 is 14.6 Å². The molecule has 0 aliphatic rings. The molecule has 0 amide bonds. The molecule has 1 N–H and O–H groups in total. The minimum atomic E-state index is -0.903. The van der Waals surface area contributed by atoms with Gasteiger partial charge in [0.1, 0.15) is 11.4 Å². The molecule has 0 fully saturated rings. The number of hydrogen-bond acceptors (Lipinski definition) is 4. The number of hydrogen-bond donors (Lipinski definition) is 1. The van der Waals surface area contributed by atoms with Crippen LogP contribution < -0.4 is 4.74 Å². The van der Waals surface area contributed by atoms with Crippen LogP contribution in [0.3, 0.4) is 0 Å². The summed E-state index contributed by atoms with van der Waals surface area (Å²) in [6.45, 7) is 5.87. The summed E-state index contributed by atoms with van der Waals surface area (Å²) in [6.07, 6.45) is 1.30. The Kier molecular flexibility index (Phi) is 8.19. The number of aromatic nitrogens is 3. The standard InChI is InChI=1S/C32H35IN4O3/c1-20-28(21(2)36(5)34-20)26-13-8-12-24-25(30(32(38)39)37(29(24)26)18-17-35(3)4)14-9-19-40-31-23-11-7-6-10-22(23)15-16-27(31)33/h6-8,10-13,15-16H,9,14,17-19H2,1-5H3,(H,38,39). The normalized spacial score (nSPS) is 11.7. The highest BCUT2D eigenvalue weighted by molar-refractivity contribution is 14.1. The van der Waals surface area contributed by atoms with Crippen molar-refractivity contribution in [1.29, 1.82) is 0 Å². The number of aryl methyl sites for hydroxylation is 3. The first-order chi connectivity index (χ1) is 19.2. The summed E-state index contributed by atoms with van der Waals surface area (Å²) in [4.78, 5) is 14.9. The topological polar surface area (TPSA) is 72.5 Å². The van der Waals surface area contributed by atoms with E-state index in [1.807, 2.05) is 55.5 Å². The molecule has 40 heavy (non-hydrogen) atoms. The van der Waals surface area contributed by atoms with E-state index in [0.717, 1.165) is 65.6 Å². The number of benzene rings is 3. The molecular weight excluding hydrogens is 615 g/mol. The van der Waals surface area contributed by atoms with Gasteiger partial charge in [-0.3, -0.25) is 4.68 Å². The van der Waals surface area contributed by atoms with Gasteiger partial charge in [-0.2, -0.15) is 5.10 Å². The van der Waals surface area contributed by atoms with Crippen LogP contribution in [0.1, 0.15) is 33.9 Å². The van der Waals surface area contributed by atoms with Crippen LogP contribution in [0.15, 0.2) is 54.6 Å². The molecule has 2 aromatic heterocycles. The number of nitrogens with zero attached hydrogens (tertiary/aromatic N) is 4. The maximum Gasteiger partial charge on any atom is 0.352 e. The van der Waals surface area contributed by atoms with Gasteiger partial charge in [-0.25, -0.2) is 4.79 Å². The number of aromatic carboxylic acids is 1. The third kappa shape index (κ3) is 5.22. The first kappa shape index (κ1) is 28.2. The predicted molar refractivity (Wildman–Crippen MR) is 170 cm³/mol. The van der Waals surface area contributed by atoms with Gasteiger partial charge >= 0.3 is 5.97 Å². The Bertz CT molecular complexity index is 1720. The van der Waals surface area contributed by atoms with Gasteiger partial charge in [-0.05, 0) is 80.4 Å². The van der Waals surface area contributed by atoms with Crippen molar-refractivity contribution in [2.45, 2.75) is 33.2 Å². The molecule has 7 nitrogen and oxygen atoms in total. The van der Waals surface area contributed by atoms with Gasteiger partial charge in [0.15, 0.2) is 0 Å². The second-order valence-electron chi connectivity index (χ2n) is 10.5. The summed E-state index contributed by atoms with van der Waals surface area (Å²) in [5, 5.41) is 18.4. The number of carboxylic acid groups (broad SMARTS) is 1. The van der Waals surface area contributed by atoms with Crippen LogP contribution in [0.25, 0.3) is 32.8 Å². The Morgan fingerprint density at radius 3 is 2.50 bits per heavy atom. The van der Waals surface area contributed by atoms with Crippen LogP contribution in [0, 0.1) is 17.4 Å². The molecule has 0 unspecified atom stereocenters. The lowest BCUT2D eigenvalue weighted by Gasteiger charge is -2.15. The maximum atomic E-state index is 12.8. The van der Waals surface area contributed by atoms with Crippen molar-refractivity contribution in [1.82, 2.24) is 19.2 Å². The van der Waals surface area contributed by atoms with E-state index in [9.17, 15) is 9.90 Å². The van der Waals surface area contributed by atoms with Gasteiger partial charge in [-0.1, -0.05) is 48.5 Å². The molecule has 0 spiro atoms. The molecule has 5 rings (SSSR count). The fraction of sp³-hybridized carbons (Fsp3) is 0.312. The smallest absolute Gasteiger partial charge is 0.352 e. The Labute approximate surface area is 248 Å². The number of para-hydroxylation sites is 1. The van der Waals surface area contributed by atoms with Crippen molar-refractivity contribution in [3.8, 4) is 16.9 Å². The van der Waals surface area contributed by atoms with E-state index in [2.05, 4.69) is 75.9 Å². The van der Waals surface area contributed by atoms with Crippen LogP contribution in [0.5, 0.6) is 5.75 Å². The van der Waals surface area contributed by atoms with Gasteiger partial charge in [0, 0.05) is 47.7 Å². The zero-order valence-corrected chi connectivity index (χ0v) is 25.8. The summed E-state index contributed by atoms with van der Waals surface area (Å²) >= 11 is 2.31. The molecule has 0 radical (unpaired) electrons. The van der Waals surface area contributed by atoms with Crippen molar-refractivity contribution >= 4 is 50.2 Å². The van der Waals surface area contributed by atoms with E-state index >= 15 is 0 Å². The number of ether oxygens (including phenoxy) is 1. The number of fused-ring (bicyclic) bond motifs is 2. The SMILES string of the molecule is Cc1nn(C)c(C)c1-c1cccc2c(CCCOc3c(I)ccc4ccccc34)c(C(=O)O)n(CCN(C)C)c12. The molecule has 0 aliphatic carbocycles. The Hall–Kier alpha value is -3.37. The van der Waals surface area contributed by atoms with Crippen molar-refractivity contribution in [3.05, 3.63) is 80.8 Å².